The Kier molecular flexibility index (Phi) is 5.11. The summed E-state index contributed by atoms with van der Waals surface area (Å²) in [6, 6.07) is 10.7. The number of aromatic nitrogens is 1. The molecule has 1 unspecified atom stereocenters. The van der Waals surface area contributed by atoms with E-state index < -0.39 is 6.29 Å². The first-order valence-electron chi connectivity index (χ1n) is 8.57. The molecule has 0 saturated carbocycles. The minimum absolute atomic E-state index is 0.123. The number of aliphatic hydroxyl groups excluding tert-OH is 1. The summed E-state index contributed by atoms with van der Waals surface area (Å²) < 4.78 is 12.4. The van der Waals surface area contributed by atoms with Gasteiger partial charge in [-0.05, 0) is 62.2 Å². The normalized spacial score (nSPS) is 12.3. The van der Waals surface area contributed by atoms with E-state index in [0.717, 1.165) is 16.6 Å². The number of fused-ring (bicyclic) bond motifs is 1. The highest BCUT2D eigenvalue weighted by atomic mass is 16.6. The lowest BCUT2D eigenvalue weighted by Gasteiger charge is -2.11. The van der Waals surface area contributed by atoms with Gasteiger partial charge >= 0.3 is 0 Å². The monoisotopic (exact) mass is 353 g/mol. The van der Waals surface area contributed by atoms with E-state index in [1.165, 1.54) is 0 Å². The molecule has 0 spiro atoms. The van der Waals surface area contributed by atoms with Gasteiger partial charge in [0, 0.05) is 23.9 Å². The lowest BCUT2D eigenvalue weighted by Crippen LogP contribution is -2.06. The summed E-state index contributed by atoms with van der Waals surface area (Å²) in [5.41, 5.74) is 4.46. The number of carbonyl (C=O) groups is 1. The van der Waals surface area contributed by atoms with Gasteiger partial charge in [-0.25, -0.2) is 0 Å². The molecule has 5 heteroatoms. The van der Waals surface area contributed by atoms with E-state index >= 15 is 0 Å². The van der Waals surface area contributed by atoms with Crippen molar-refractivity contribution in [2.24, 2.45) is 0 Å². The van der Waals surface area contributed by atoms with Crippen LogP contribution in [0.25, 0.3) is 5.52 Å². The molecule has 0 saturated heterocycles. The quantitative estimate of drug-likeness (QED) is 0.540. The summed E-state index contributed by atoms with van der Waals surface area (Å²) in [6.07, 6.45) is 0.829. The van der Waals surface area contributed by atoms with Gasteiger partial charge in [0.25, 0.3) is 0 Å². The molecule has 3 rings (SSSR count). The van der Waals surface area contributed by atoms with Crippen molar-refractivity contribution in [2.45, 2.75) is 27.1 Å². The first-order chi connectivity index (χ1) is 12.5. The molecule has 0 bridgehead atoms. The molecule has 3 aromatic rings. The molecule has 5 nitrogen and oxygen atoms in total. The zero-order chi connectivity index (χ0) is 18.8. The third kappa shape index (κ3) is 3.23. The number of ketones is 1. The van der Waals surface area contributed by atoms with Crippen molar-refractivity contribution in [3.63, 3.8) is 0 Å². The maximum atomic E-state index is 13.1. The minimum atomic E-state index is -1.08. The highest BCUT2D eigenvalue weighted by Crippen LogP contribution is 2.29. The van der Waals surface area contributed by atoms with Crippen LogP contribution in [0.1, 0.15) is 46.0 Å². The second kappa shape index (κ2) is 7.32. The molecule has 1 atom stereocenters. The highest BCUT2D eigenvalue weighted by Gasteiger charge is 2.22. The Morgan fingerprint density at radius 1 is 1.19 bits per heavy atom. The summed E-state index contributed by atoms with van der Waals surface area (Å²) in [7, 11) is 1.59. The van der Waals surface area contributed by atoms with Crippen LogP contribution in [0.2, 0.25) is 0 Å². The second-order valence-corrected chi connectivity index (χ2v) is 6.27. The fraction of sp³-hybridized carbons (Fsp3) is 0.286. The van der Waals surface area contributed by atoms with Gasteiger partial charge in [0.2, 0.25) is 5.78 Å². The van der Waals surface area contributed by atoms with Gasteiger partial charge in [0.15, 0.2) is 6.29 Å². The molecule has 0 fully saturated rings. The number of carbonyl (C=O) groups excluding carboxylic acids is 1. The van der Waals surface area contributed by atoms with Gasteiger partial charge in [-0.1, -0.05) is 6.07 Å². The van der Waals surface area contributed by atoms with Crippen LogP contribution in [0.4, 0.5) is 0 Å². The molecule has 136 valence electrons. The average molecular weight is 353 g/mol. The predicted molar refractivity (Wildman–Crippen MR) is 99.9 cm³/mol. The van der Waals surface area contributed by atoms with Crippen LogP contribution in [0, 0.1) is 13.8 Å². The zero-order valence-corrected chi connectivity index (χ0v) is 15.4. The maximum absolute atomic E-state index is 13.1. The van der Waals surface area contributed by atoms with Gasteiger partial charge < -0.3 is 19.0 Å². The van der Waals surface area contributed by atoms with E-state index in [4.69, 9.17) is 9.47 Å². The lowest BCUT2D eigenvalue weighted by molar-refractivity contribution is -0.0969. The van der Waals surface area contributed by atoms with Crippen molar-refractivity contribution < 1.29 is 19.4 Å². The number of hydrogen-bond donors (Lipinski definition) is 1. The number of aliphatic hydroxyl groups is 1. The third-order valence-corrected chi connectivity index (χ3v) is 4.39. The van der Waals surface area contributed by atoms with Gasteiger partial charge in [0.05, 0.1) is 18.3 Å². The predicted octanol–water partition coefficient (Wildman–Crippen LogP) is 3.82. The summed E-state index contributed by atoms with van der Waals surface area (Å²) in [4.78, 5) is 13.1. The summed E-state index contributed by atoms with van der Waals surface area (Å²) in [6.45, 7) is 6.14. The fourth-order valence-corrected chi connectivity index (χ4v) is 3.25. The van der Waals surface area contributed by atoms with Crippen LogP contribution in [0.5, 0.6) is 5.75 Å². The third-order valence-electron chi connectivity index (χ3n) is 4.39. The number of aryl methyl sites for hydroxylation is 2. The molecule has 0 aliphatic carbocycles. The number of pyridine rings is 1. The van der Waals surface area contributed by atoms with Crippen molar-refractivity contribution in [1.29, 1.82) is 0 Å². The van der Waals surface area contributed by atoms with E-state index in [-0.39, 0.29) is 5.78 Å². The molecule has 0 radical (unpaired) electrons. The van der Waals surface area contributed by atoms with Crippen molar-refractivity contribution in [3.05, 3.63) is 70.5 Å². The molecule has 2 heterocycles. The standard InChI is InChI=1S/C21H23NO4/c1-5-26-21(24)17-11-18(22-12-13(2)10-14(3)19(17)22)20(23)15-6-8-16(25-4)9-7-15/h6-12,21,24H,5H2,1-4H3. The van der Waals surface area contributed by atoms with Crippen molar-refractivity contribution in [1.82, 2.24) is 4.40 Å². The Labute approximate surface area is 152 Å². The van der Waals surface area contributed by atoms with Gasteiger partial charge in [-0.15, -0.1) is 0 Å². The Morgan fingerprint density at radius 2 is 1.88 bits per heavy atom. The van der Waals surface area contributed by atoms with Crippen LogP contribution < -0.4 is 4.74 Å². The Bertz CT molecular complexity index is 941. The van der Waals surface area contributed by atoms with E-state index in [0.29, 0.717) is 29.2 Å². The fourth-order valence-electron chi connectivity index (χ4n) is 3.25. The summed E-state index contributed by atoms with van der Waals surface area (Å²) in [5.74, 6) is 0.573. The minimum Gasteiger partial charge on any atom is -0.497 e. The van der Waals surface area contributed by atoms with Crippen molar-refractivity contribution in [2.75, 3.05) is 13.7 Å². The van der Waals surface area contributed by atoms with E-state index in [1.54, 1.807) is 37.4 Å². The number of hydrogen-bond acceptors (Lipinski definition) is 4. The summed E-state index contributed by atoms with van der Waals surface area (Å²) in [5, 5.41) is 10.4. The number of rotatable bonds is 6. The van der Waals surface area contributed by atoms with Crippen LogP contribution in [0.15, 0.2) is 42.6 Å². The largest absolute Gasteiger partial charge is 0.497 e. The van der Waals surface area contributed by atoms with Gasteiger partial charge in [0.1, 0.15) is 5.75 Å². The van der Waals surface area contributed by atoms with E-state index in [1.807, 2.05) is 37.4 Å². The van der Waals surface area contributed by atoms with E-state index in [2.05, 4.69) is 0 Å². The van der Waals surface area contributed by atoms with Gasteiger partial charge in [-0.3, -0.25) is 4.79 Å². The van der Waals surface area contributed by atoms with E-state index in [9.17, 15) is 9.90 Å². The molecule has 0 aliphatic rings. The second-order valence-electron chi connectivity index (χ2n) is 6.27. The van der Waals surface area contributed by atoms with Crippen LogP contribution in [-0.4, -0.2) is 29.0 Å². The van der Waals surface area contributed by atoms with Crippen LogP contribution in [-0.2, 0) is 4.74 Å². The Morgan fingerprint density at radius 3 is 2.50 bits per heavy atom. The number of benzene rings is 1. The lowest BCUT2D eigenvalue weighted by atomic mass is 10.1. The number of ether oxygens (including phenoxy) is 2. The molecular weight excluding hydrogens is 330 g/mol. The Hall–Kier alpha value is -2.63. The van der Waals surface area contributed by atoms with Crippen molar-refractivity contribution in [3.8, 4) is 5.75 Å². The zero-order valence-electron chi connectivity index (χ0n) is 15.4. The Balaban J connectivity index is 2.16. The van der Waals surface area contributed by atoms with Crippen molar-refractivity contribution >= 4 is 11.3 Å². The highest BCUT2D eigenvalue weighted by molar-refractivity contribution is 6.09. The molecule has 0 amide bonds. The SMILES string of the molecule is CCOC(O)c1cc(C(=O)c2ccc(OC)cc2)n2cc(C)cc(C)c12. The molecule has 26 heavy (non-hydrogen) atoms. The molecule has 1 N–H and O–H groups in total. The van der Waals surface area contributed by atoms with Crippen LogP contribution >= 0.6 is 0 Å². The van der Waals surface area contributed by atoms with Gasteiger partial charge in [-0.2, -0.15) is 0 Å². The average Bonchev–Trinajstić information content (AvgIpc) is 3.01. The molecular formula is C21H23NO4. The summed E-state index contributed by atoms with van der Waals surface area (Å²) >= 11 is 0. The maximum Gasteiger partial charge on any atom is 0.209 e. The first kappa shape index (κ1) is 18.2. The van der Waals surface area contributed by atoms with Crippen LogP contribution in [0.3, 0.4) is 0 Å². The molecule has 2 aromatic heterocycles. The molecule has 1 aromatic carbocycles. The molecule has 0 aliphatic heterocycles. The topological polar surface area (TPSA) is 60.2 Å². The number of methoxy groups -OCH3 is 1. The number of nitrogens with zero attached hydrogens (tertiary/aromatic N) is 1. The smallest absolute Gasteiger partial charge is 0.209 e. The first-order valence-corrected chi connectivity index (χ1v) is 8.57.